The van der Waals surface area contributed by atoms with Gasteiger partial charge in [-0.15, -0.1) is 0 Å². The van der Waals surface area contributed by atoms with E-state index in [0.29, 0.717) is 11.7 Å². The Labute approximate surface area is 124 Å². The van der Waals surface area contributed by atoms with Gasteiger partial charge in [-0.1, -0.05) is 53.7 Å². The molecular formula is C17H17N3O. The molecular weight excluding hydrogens is 262 g/mol. The Kier molecular flexibility index (Phi) is 3.79. The van der Waals surface area contributed by atoms with Crippen molar-refractivity contribution in [2.45, 2.75) is 6.54 Å². The second kappa shape index (κ2) is 5.89. The van der Waals surface area contributed by atoms with Gasteiger partial charge in [0, 0.05) is 17.7 Å². The van der Waals surface area contributed by atoms with Gasteiger partial charge in [0.1, 0.15) is 0 Å². The maximum atomic E-state index is 5.45. The summed E-state index contributed by atoms with van der Waals surface area (Å²) in [7, 11) is 4.08. The molecule has 3 aromatic rings. The zero-order valence-corrected chi connectivity index (χ0v) is 12.2. The van der Waals surface area contributed by atoms with Gasteiger partial charge in [0.25, 0.3) is 5.89 Å². The van der Waals surface area contributed by atoms with E-state index in [4.69, 9.17) is 4.52 Å². The molecule has 0 bridgehead atoms. The average Bonchev–Trinajstić information content (AvgIpc) is 2.98. The molecule has 0 amide bonds. The van der Waals surface area contributed by atoms with Crippen LogP contribution in [0.2, 0.25) is 0 Å². The summed E-state index contributed by atoms with van der Waals surface area (Å²) in [5, 5.41) is 4.08. The first-order valence-corrected chi connectivity index (χ1v) is 6.86. The molecule has 0 fully saturated rings. The fourth-order valence-electron chi connectivity index (χ4n) is 2.24. The van der Waals surface area contributed by atoms with Crippen molar-refractivity contribution < 1.29 is 4.52 Å². The van der Waals surface area contributed by atoms with E-state index in [1.54, 1.807) is 0 Å². The molecule has 1 aromatic heterocycles. The molecule has 0 aliphatic heterocycles. The van der Waals surface area contributed by atoms with Gasteiger partial charge in [-0.3, -0.25) is 0 Å². The summed E-state index contributed by atoms with van der Waals surface area (Å²) in [6.45, 7) is 0.833. The number of nitrogens with zero attached hydrogens (tertiary/aromatic N) is 3. The first kappa shape index (κ1) is 13.5. The third kappa shape index (κ3) is 3.01. The maximum Gasteiger partial charge on any atom is 0.258 e. The summed E-state index contributed by atoms with van der Waals surface area (Å²) in [4.78, 5) is 6.64. The van der Waals surface area contributed by atoms with Gasteiger partial charge in [-0.2, -0.15) is 4.98 Å². The van der Waals surface area contributed by atoms with Gasteiger partial charge in [0.05, 0.1) is 0 Å². The molecule has 0 unspecified atom stereocenters. The summed E-state index contributed by atoms with van der Waals surface area (Å²) >= 11 is 0. The van der Waals surface area contributed by atoms with E-state index in [-0.39, 0.29) is 0 Å². The lowest BCUT2D eigenvalue weighted by Crippen LogP contribution is -2.11. The van der Waals surface area contributed by atoms with Crippen LogP contribution in [0.15, 0.2) is 59.1 Å². The van der Waals surface area contributed by atoms with Gasteiger partial charge in [-0.25, -0.2) is 0 Å². The van der Waals surface area contributed by atoms with Gasteiger partial charge < -0.3 is 9.42 Å². The minimum Gasteiger partial charge on any atom is -0.334 e. The molecule has 0 spiro atoms. The summed E-state index contributed by atoms with van der Waals surface area (Å²) < 4.78 is 5.45. The van der Waals surface area contributed by atoms with Gasteiger partial charge >= 0.3 is 0 Å². The van der Waals surface area contributed by atoms with Crippen molar-refractivity contribution in [3.8, 4) is 22.8 Å². The topological polar surface area (TPSA) is 42.2 Å². The Balaban J connectivity index is 1.97. The van der Waals surface area contributed by atoms with E-state index in [9.17, 15) is 0 Å². The number of benzene rings is 2. The van der Waals surface area contributed by atoms with E-state index in [2.05, 4.69) is 21.1 Å². The molecule has 0 N–H and O–H groups in total. The Morgan fingerprint density at radius 2 is 1.67 bits per heavy atom. The van der Waals surface area contributed by atoms with Crippen LogP contribution >= 0.6 is 0 Å². The fraction of sp³-hybridized carbons (Fsp3) is 0.176. The SMILES string of the molecule is CN(C)Cc1ccccc1-c1nc(-c2ccccc2)no1. The van der Waals surface area contributed by atoms with Crippen molar-refractivity contribution >= 4 is 0 Å². The molecule has 4 heteroatoms. The minimum atomic E-state index is 0.561. The van der Waals surface area contributed by atoms with E-state index < -0.39 is 0 Å². The van der Waals surface area contributed by atoms with Crippen LogP contribution in [-0.2, 0) is 6.54 Å². The normalized spacial score (nSPS) is 11.0. The van der Waals surface area contributed by atoms with Crippen LogP contribution < -0.4 is 0 Å². The minimum absolute atomic E-state index is 0.561. The number of aromatic nitrogens is 2. The molecule has 4 nitrogen and oxygen atoms in total. The third-order valence-corrected chi connectivity index (χ3v) is 3.19. The maximum absolute atomic E-state index is 5.45. The van der Waals surface area contributed by atoms with Crippen LogP contribution in [0.3, 0.4) is 0 Å². The Morgan fingerprint density at radius 3 is 2.43 bits per heavy atom. The fourth-order valence-corrected chi connectivity index (χ4v) is 2.24. The molecule has 21 heavy (non-hydrogen) atoms. The summed E-state index contributed by atoms with van der Waals surface area (Å²) in [5.74, 6) is 1.18. The molecule has 0 radical (unpaired) electrons. The summed E-state index contributed by atoms with van der Waals surface area (Å²) in [5.41, 5.74) is 3.12. The highest BCUT2D eigenvalue weighted by atomic mass is 16.5. The van der Waals surface area contributed by atoms with Crippen LogP contribution in [-0.4, -0.2) is 29.1 Å². The molecule has 0 aliphatic carbocycles. The zero-order chi connectivity index (χ0) is 14.7. The predicted octanol–water partition coefficient (Wildman–Crippen LogP) is 3.47. The van der Waals surface area contributed by atoms with E-state index in [0.717, 1.165) is 17.7 Å². The zero-order valence-electron chi connectivity index (χ0n) is 12.2. The Hall–Kier alpha value is -2.46. The molecule has 0 saturated heterocycles. The Bertz CT molecular complexity index is 720. The standard InChI is InChI=1S/C17H17N3O/c1-20(2)12-14-10-6-7-11-15(14)17-18-16(19-21-17)13-8-4-3-5-9-13/h3-11H,12H2,1-2H3. The number of hydrogen-bond donors (Lipinski definition) is 0. The average molecular weight is 279 g/mol. The van der Waals surface area contributed by atoms with E-state index in [1.807, 2.05) is 62.6 Å². The van der Waals surface area contributed by atoms with Crippen molar-refractivity contribution in [3.63, 3.8) is 0 Å². The quantitative estimate of drug-likeness (QED) is 0.733. The van der Waals surface area contributed by atoms with Crippen LogP contribution in [0, 0.1) is 0 Å². The van der Waals surface area contributed by atoms with Gasteiger partial charge in [-0.05, 0) is 25.7 Å². The van der Waals surface area contributed by atoms with Crippen LogP contribution in [0.1, 0.15) is 5.56 Å². The number of rotatable bonds is 4. The largest absolute Gasteiger partial charge is 0.334 e. The molecule has 0 atom stereocenters. The predicted molar refractivity (Wildman–Crippen MR) is 82.6 cm³/mol. The van der Waals surface area contributed by atoms with Crippen LogP contribution in [0.5, 0.6) is 0 Å². The Morgan fingerprint density at radius 1 is 0.952 bits per heavy atom. The monoisotopic (exact) mass is 279 g/mol. The summed E-state index contributed by atoms with van der Waals surface area (Å²) in [6.07, 6.45) is 0. The van der Waals surface area contributed by atoms with Crippen molar-refractivity contribution in [1.82, 2.24) is 15.0 Å². The molecule has 1 heterocycles. The van der Waals surface area contributed by atoms with Gasteiger partial charge in [0.15, 0.2) is 0 Å². The first-order valence-electron chi connectivity index (χ1n) is 6.86. The van der Waals surface area contributed by atoms with Crippen molar-refractivity contribution in [1.29, 1.82) is 0 Å². The van der Waals surface area contributed by atoms with E-state index in [1.165, 1.54) is 5.56 Å². The highest BCUT2D eigenvalue weighted by Crippen LogP contribution is 2.25. The van der Waals surface area contributed by atoms with Crippen molar-refractivity contribution in [3.05, 3.63) is 60.2 Å². The second-order valence-electron chi connectivity index (χ2n) is 5.18. The third-order valence-electron chi connectivity index (χ3n) is 3.19. The molecule has 3 rings (SSSR count). The van der Waals surface area contributed by atoms with Gasteiger partial charge in [0.2, 0.25) is 5.82 Å². The van der Waals surface area contributed by atoms with Crippen LogP contribution in [0.25, 0.3) is 22.8 Å². The number of hydrogen-bond acceptors (Lipinski definition) is 4. The highest BCUT2D eigenvalue weighted by Gasteiger charge is 2.13. The lowest BCUT2D eigenvalue weighted by Gasteiger charge is -2.11. The van der Waals surface area contributed by atoms with Crippen molar-refractivity contribution in [2.75, 3.05) is 14.1 Å². The lowest BCUT2D eigenvalue weighted by molar-refractivity contribution is 0.400. The van der Waals surface area contributed by atoms with Crippen LogP contribution in [0.4, 0.5) is 0 Å². The molecule has 0 aliphatic rings. The smallest absolute Gasteiger partial charge is 0.258 e. The summed E-state index contributed by atoms with van der Waals surface area (Å²) in [6, 6.07) is 18.0. The van der Waals surface area contributed by atoms with Crippen molar-refractivity contribution in [2.24, 2.45) is 0 Å². The van der Waals surface area contributed by atoms with E-state index >= 15 is 0 Å². The molecule has 0 saturated carbocycles. The lowest BCUT2D eigenvalue weighted by atomic mass is 10.1. The molecule has 2 aromatic carbocycles. The second-order valence-corrected chi connectivity index (χ2v) is 5.18. The highest BCUT2D eigenvalue weighted by molar-refractivity contribution is 5.62. The molecule has 106 valence electrons. The first-order chi connectivity index (χ1) is 10.2.